The molecule has 0 fully saturated rings. The fourth-order valence-corrected chi connectivity index (χ4v) is 9.86. The lowest BCUT2D eigenvalue weighted by Gasteiger charge is -2.26. The summed E-state index contributed by atoms with van der Waals surface area (Å²) in [4.78, 5) is 156. The van der Waals surface area contributed by atoms with Crippen LogP contribution in [-0.2, 0) is 62.4 Å². The summed E-state index contributed by atoms with van der Waals surface area (Å²) in [6.45, 7) is 5.67. The highest BCUT2D eigenvalue weighted by atomic mass is 16.3. The first-order valence-electron chi connectivity index (χ1n) is 29.1. The maximum absolute atomic E-state index is 14.3. The van der Waals surface area contributed by atoms with Crippen molar-refractivity contribution in [2.45, 2.75) is 122 Å². The van der Waals surface area contributed by atoms with E-state index < -0.39 is 132 Å². The molecule has 26 nitrogen and oxygen atoms in total. The molecule has 0 bridgehead atoms. The highest BCUT2D eigenvalue weighted by Crippen LogP contribution is 2.23. The molecule has 8 atom stereocenters. The molecule has 0 saturated carbocycles. The predicted molar refractivity (Wildman–Crippen MR) is 332 cm³/mol. The number of carbonyl (C=O) groups excluding carboxylic acids is 11. The molecule has 89 heavy (non-hydrogen) atoms. The molecule has 1 heterocycles. The molecular formula is C63H81N13O13. The van der Waals surface area contributed by atoms with Gasteiger partial charge in [-0.05, 0) is 85.5 Å². The Labute approximate surface area is 515 Å². The first-order valence-corrected chi connectivity index (χ1v) is 29.1. The Bertz CT molecular complexity index is 3330. The van der Waals surface area contributed by atoms with E-state index in [4.69, 9.17) is 17.2 Å². The smallest absolute Gasteiger partial charge is 0.315 e. The number of carbonyl (C=O) groups is 11. The second kappa shape index (κ2) is 34.4. The van der Waals surface area contributed by atoms with Crippen LogP contribution in [-0.4, -0.2) is 142 Å². The summed E-state index contributed by atoms with van der Waals surface area (Å²) in [5.41, 5.74) is 19.7. The van der Waals surface area contributed by atoms with Crippen molar-refractivity contribution in [1.82, 2.24) is 42.2 Å². The number of ketones is 3. The maximum Gasteiger partial charge on any atom is 0.315 e. The number of rotatable bonds is 35. The lowest BCUT2D eigenvalue weighted by Crippen LogP contribution is -2.53. The van der Waals surface area contributed by atoms with Gasteiger partial charge in [0, 0.05) is 69.2 Å². The number of hydrogen-bond donors (Lipinski definition) is 14. The molecule has 476 valence electrons. The molecule has 0 radical (unpaired) electrons. The van der Waals surface area contributed by atoms with E-state index in [0.717, 1.165) is 16.5 Å². The number of hydrogen-bond acceptors (Lipinski definition) is 14. The Morgan fingerprint density at radius 3 is 1.89 bits per heavy atom. The van der Waals surface area contributed by atoms with E-state index in [1.165, 1.54) is 57.3 Å². The third-order valence-corrected chi connectivity index (χ3v) is 14.6. The number of amides is 9. The van der Waals surface area contributed by atoms with Crippen molar-refractivity contribution in [2.75, 3.05) is 25.5 Å². The molecule has 0 saturated heterocycles. The molecule has 0 aliphatic rings. The fourth-order valence-electron chi connectivity index (χ4n) is 9.86. The van der Waals surface area contributed by atoms with Crippen molar-refractivity contribution in [3.05, 3.63) is 132 Å². The zero-order valence-corrected chi connectivity index (χ0v) is 50.4. The molecule has 5 rings (SSSR count). The molecule has 4 aromatic carbocycles. The van der Waals surface area contributed by atoms with Crippen LogP contribution in [0.3, 0.4) is 0 Å². The maximum atomic E-state index is 14.3. The topological polar surface area (TPSA) is 431 Å². The Kier molecular flexibility index (Phi) is 27.0. The number of nitrogens with two attached hydrogens (primary N) is 3. The number of H-pyrrole nitrogens is 1. The number of anilines is 1. The van der Waals surface area contributed by atoms with Crippen LogP contribution in [0.1, 0.15) is 93.3 Å². The summed E-state index contributed by atoms with van der Waals surface area (Å²) < 4.78 is 0. The Balaban J connectivity index is 1.28. The number of fused-ring (bicyclic) bond motifs is 1. The minimum absolute atomic E-state index is 0.00270. The van der Waals surface area contributed by atoms with Crippen LogP contribution >= 0.6 is 0 Å². The van der Waals surface area contributed by atoms with Gasteiger partial charge < -0.3 is 74.9 Å². The summed E-state index contributed by atoms with van der Waals surface area (Å²) in [6.07, 6.45) is -1.19. The number of aliphatic hydroxyl groups excluding tert-OH is 1. The molecule has 0 aliphatic carbocycles. The summed E-state index contributed by atoms with van der Waals surface area (Å²) in [5, 5.41) is 42.6. The van der Waals surface area contributed by atoms with Gasteiger partial charge >= 0.3 is 6.03 Å². The van der Waals surface area contributed by atoms with Crippen molar-refractivity contribution in [3.63, 3.8) is 0 Å². The number of primary amides is 2. The van der Waals surface area contributed by atoms with Gasteiger partial charge in [0.05, 0.1) is 54.4 Å². The number of nitrogens with zero attached hydrogens (tertiary/aromatic N) is 1. The predicted octanol–water partition coefficient (Wildman–Crippen LogP) is 1.60. The Morgan fingerprint density at radius 2 is 1.24 bits per heavy atom. The van der Waals surface area contributed by atoms with Crippen LogP contribution in [0.2, 0.25) is 0 Å². The van der Waals surface area contributed by atoms with Crippen LogP contribution < -0.4 is 59.7 Å². The average Bonchev–Trinajstić information content (AvgIpc) is 2.37. The molecule has 0 aliphatic heterocycles. The number of guanidine groups is 1. The van der Waals surface area contributed by atoms with E-state index in [2.05, 4.69) is 52.5 Å². The molecule has 0 unspecified atom stereocenters. The van der Waals surface area contributed by atoms with E-state index in [1.807, 2.05) is 38.1 Å². The Morgan fingerprint density at radius 1 is 0.607 bits per heavy atom. The number of phenolic OH excluding ortho intramolecular Hbond substituents is 1. The summed E-state index contributed by atoms with van der Waals surface area (Å²) in [6, 6.07) is 20.1. The average molecular weight is 1230 g/mol. The number of phenols is 1. The zero-order chi connectivity index (χ0) is 65.3. The van der Waals surface area contributed by atoms with Gasteiger partial charge in [-0.3, -0.25) is 52.9 Å². The van der Waals surface area contributed by atoms with Gasteiger partial charge in [0.15, 0.2) is 23.3 Å². The SMILES string of the molecule is CN=C(N)NCCC[C@H](CC(=O)[C@H](CC(C)C)NC(=O)NCC(=O)[C@H](Cc1ccccc1)NC(=O)[C@@H](CC(=O)[C@H](CC(N)=O)NC(=O)c1ccccc1NC(=O)[C@@H](Cc1ccc(O)cc1)NC(C)=O)[C@@H](C)O)C(=O)N[C@@H](Cc1c[nH]c2ccccc12)C(N)=O. The number of aromatic amines is 1. The second-order valence-electron chi connectivity index (χ2n) is 22.2. The van der Waals surface area contributed by atoms with E-state index in [-0.39, 0.29) is 67.4 Å². The van der Waals surface area contributed by atoms with Crippen LogP contribution in [0.15, 0.2) is 114 Å². The number of Topliss-reactive ketones (excluding diaryl/α,β-unsaturated/α-hetero) is 3. The normalized spacial score (nSPS) is 14.0. The number of urea groups is 1. The van der Waals surface area contributed by atoms with E-state index in [9.17, 15) is 63.0 Å². The highest BCUT2D eigenvalue weighted by Gasteiger charge is 2.36. The van der Waals surface area contributed by atoms with E-state index >= 15 is 0 Å². The summed E-state index contributed by atoms with van der Waals surface area (Å²) in [7, 11) is 1.50. The van der Waals surface area contributed by atoms with Crippen molar-refractivity contribution in [1.29, 1.82) is 0 Å². The number of aromatic nitrogens is 1. The van der Waals surface area contributed by atoms with Gasteiger partial charge in [-0.25, -0.2) is 4.79 Å². The summed E-state index contributed by atoms with van der Waals surface area (Å²) in [5.74, 6) is -10.4. The first kappa shape index (κ1) is 69.8. The van der Waals surface area contributed by atoms with Crippen LogP contribution in [0.4, 0.5) is 10.5 Å². The van der Waals surface area contributed by atoms with Gasteiger partial charge in [-0.1, -0.05) is 86.6 Å². The molecule has 0 spiro atoms. The van der Waals surface area contributed by atoms with Gasteiger partial charge in [-0.15, -0.1) is 0 Å². The molecule has 5 aromatic rings. The van der Waals surface area contributed by atoms with Crippen LogP contribution in [0.5, 0.6) is 5.75 Å². The minimum atomic E-state index is -1.67. The van der Waals surface area contributed by atoms with Crippen molar-refractivity contribution >= 4 is 87.3 Å². The second-order valence-corrected chi connectivity index (χ2v) is 22.2. The summed E-state index contributed by atoms with van der Waals surface area (Å²) >= 11 is 0. The monoisotopic (exact) mass is 1230 g/mol. The van der Waals surface area contributed by atoms with Gasteiger partial charge in [-0.2, -0.15) is 0 Å². The van der Waals surface area contributed by atoms with Crippen molar-refractivity contribution < 1.29 is 63.0 Å². The van der Waals surface area contributed by atoms with E-state index in [1.54, 1.807) is 48.7 Å². The molecule has 1 aromatic heterocycles. The molecule has 17 N–H and O–H groups in total. The third-order valence-electron chi connectivity index (χ3n) is 14.6. The first-order chi connectivity index (χ1) is 42.3. The van der Waals surface area contributed by atoms with Gasteiger partial charge in [0.2, 0.25) is 35.4 Å². The molecule has 26 heteroatoms. The van der Waals surface area contributed by atoms with E-state index in [0.29, 0.717) is 24.1 Å². The molecule has 9 amide bonds. The van der Waals surface area contributed by atoms with Gasteiger partial charge in [0.25, 0.3) is 5.91 Å². The quantitative estimate of drug-likeness (QED) is 0.0156. The highest BCUT2D eigenvalue weighted by molar-refractivity contribution is 6.07. The number of aliphatic hydroxyl groups is 1. The van der Waals surface area contributed by atoms with Crippen molar-refractivity contribution in [2.24, 2.45) is 39.9 Å². The van der Waals surface area contributed by atoms with Gasteiger partial charge in [0.1, 0.15) is 17.8 Å². The van der Waals surface area contributed by atoms with Crippen molar-refractivity contribution in [3.8, 4) is 5.75 Å². The molecular weight excluding hydrogens is 1150 g/mol. The lowest BCUT2D eigenvalue weighted by atomic mass is 9.90. The number of aromatic hydroxyl groups is 1. The number of benzene rings is 4. The van der Waals surface area contributed by atoms with Crippen LogP contribution in [0.25, 0.3) is 10.9 Å². The standard InChI is InChI=1S/C63H81N13O13/c1-35(2)26-48(53(80)30-40(16-13-25-68-62(66)67-5)58(85)75-51(57(65)84)29-41-33-69-46-19-11-9-17-43(41)46)76-63(89)70-34-55(82)49(27-38-14-7-6-8-15-38)73-60(87)45(36(3)77)31-54(81)50(32-56(64)83)74-59(86)44-18-10-12-20-47(44)72-61(88)52(71-37(4)78)28-39-21-23-42(79)24-22-39/h6-12,14-15,17-24,33,35-36,40,45,48-52,69,77,79H,13,16,25-32,34H2,1-5H3,(H2,64,83)(H2,65,84)(H,71,78)(H,72,88)(H,73,87)(H,74,86)(H,75,85)(H3,66,67,68)(H2,70,76,89)/t36-,40-,45+,48+,49+,50+,51+,52-/m1/s1. The zero-order valence-electron chi connectivity index (χ0n) is 50.4. The number of aliphatic imine (C=N–C) groups is 1. The number of nitrogens with one attached hydrogen (secondary N) is 9. The Hall–Kier alpha value is -9.98. The number of para-hydroxylation sites is 2. The fraction of sp³-hybridized carbons (Fsp3) is 0.397. The lowest BCUT2D eigenvalue weighted by molar-refractivity contribution is -0.136. The minimum Gasteiger partial charge on any atom is -0.508 e. The largest absolute Gasteiger partial charge is 0.508 e. The third kappa shape index (κ3) is 22.7. The van der Waals surface area contributed by atoms with Crippen LogP contribution in [0, 0.1) is 17.8 Å².